The molecule has 17 heavy (non-hydrogen) atoms. The Balaban J connectivity index is 2.61. The van der Waals surface area contributed by atoms with E-state index in [-0.39, 0.29) is 0 Å². The zero-order valence-electron chi connectivity index (χ0n) is 10.6. The highest BCUT2D eigenvalue weighted by Crippen LogP contribution is 2.22. The van der Waals surface area contributed by atoms with Crippen molar-refractivity contribution in [2.45, 2.75) is 20.8 Å². The van der Waals surface area contributed by atoms with Gasteiger partial charge in [0.1, 0.15) is 0 Å². The average Bonchev–Trinajstić information content (AvgIpc) is 2.21. The van der Waals surface area contributed by atoms with E-state index in [4.69, 9.17) is 23.2 Å². The van der Waals surface area contributed by atoms with E-state index in [1.807, 2.05) is 12.1 Å². The summed E-state index contributed by atoms with van der Waals surface area (Å²) in [6.07, 6.45) is 2.09. The van der Waals surface area contributed by atoms with E-state index in [9.17, 15) is 0 Å². The molecule has 0 aliphatic heterocycles. The molecule has 0 aromatic heterocycles. The van der Waals surface area contributed by atoms with Gasteiger partial charge in [0.2, 0.25) is 0 Å². The van der Waals surface area contributed by atoms with Crippen molar-refractivity contribution in [1.29, 1.82) is 0 Å². The van der Waals surface area contributed by atoms with Gasteiger partial charge in [-0.05, 0) is 37.1 Å². The molecule has 0 saturated carbocycles. The highest BCUT2D eigenvalue weighted by atomic mass is 35.5. The second-order valence-electron chi connectivity index (χ2n) is 4.68. The highest BCUT2D eigenvalue weighted by molar-refractivity contribution is 6.35. The van der Waals surface area contributed by atoms with Gasteiger partial charge in [-0.2, -0.15) is 0 Å². The van der Waals surface area contributed by atoms with Crippen molar-refractivity contribution in [3.8, 4) is 0 Å². The van der Waals surface area contributed by atoms with Gasteiger partial charge in [0.05, 0.1) is 0 Å². The highest BCUT2D eigenvalue weighted by Gasteiger charge is 1.99. The van der Waals surface area contributed by atoms with Crippen LogP contribution in [0.2, 0.25) is 10.0 Å². The Labute approximate surface area is 114 Å². The lowest BCUT2D eigenvalue weighted by molar-refractivity contribution is 0.572. The van der Waals surface area contributed by atoms with E-state index in [1.54, 1.807) is 6.07 Å². The summed E-state index contributed by atoms with van der Waals surface area (Å²) < 4.78 is 0. The van der Waals surface area contributed by atoms with Crippen LogP contribution in [0, 0.1) is 5.92 Å². The minimum Gasteiger partial charge on any atom is -0.313 e. The molecule has 1 aromatic rings. The van der Waals surface area contributed by atoms with Gasteiger partial charge in [-0.1, -0.05) is 54.8 Å². The third-order valence-corrected chi connectivity index (χ3v) is 2.88. The fraction of sp³-hybridized carbons (Fsp3) is 0.429. The molecule has 0 radical (unpaired) electrons. The van der Waals surface area contributed by atoms with Gasteiger partial charge in [-0.3, -0.25) is 0 Å². The SMILES string of the molecule is CC(=Cc1ccc(Cl)cc1Cl)CNCC(C)C. The molecule has 0 heterocycles. The predicted octanol–water partition coefficient (Wildman–Crippen LogP) is 4.64. The normalized spacial score (nSPS) is 12.2. The molecule has 0 aliphatic carbocycles. The third kappa shape index (κ3) is 5.58. The predicted molar refractivity (Wildman–Crippen MR) is 77.8 cm³/mol. The molecule has 1 nitrogen and oxygen atoms in total. The molecule has 0 aliphatic rings. The summed E-state index contributed by atoms with van der Waals surface area (Å²) in [6.45, 7) is 8.40. The Kier molecular flexibility index (Phi) is 6.04. The second-order valence-corrected chi connectivity index (χ2v) is 5.52. The number of hydrogen-bond acceptors (Lipinski definition) is 1. The van der Waals surface area contributed by atoms with E-state index in [2.05, 4.69) is 32.2 Å². The Morgan fingerprint density at radius 2 is 2.06 bits per heavy atom. The van der Waals surface area contributed by atoms with E-state index in [0.29, 0.717) is 16.0 Å². The molecule has 0 spiro atoms. The molecule has 0 unspecified atom stereocenters. The van der Waals surface area contributed by atoms with Crippen LogP contribution < -0.4 is 5.32 Å². The smallest absolute Gasteiger partial charge is 0.0493 e. The van der Waals surface area contributed by atoms with E-state index in [1.165, 1.54) is 5.57 Å². The van der Waals surface area contributed by atoms with Crippen molar-refractivity contribution >= 4 is 29.3 Å². The van der Waals surface area contributed by atoms with Gasteiger partial charge < -0.3 is 5.32 Å². The topological polar surface area (TPSA) is 12.0 Å². The molecule has 94 valence electrons. The van der Waals surface area contributed by atoms with Gasteiger partial charge in [-0.25, -0.2) is 0 Å². The summed E-state index contributed by atoms with van der Waals surface area (Å²) in [5.41, 5.74) is 2.27. The summed E-state index contributed by atoms with van der Waals surface area (Å²) >= 11 is 12.0. The molecule has 1 N–H and O–H groups in total. The van der Waals surface area contributed by atoms with Crippen LogP contribution in [0.15, 0.2) is 23.8 Å². The van der Waals surface area contributed by atoms with E-state index >= 15 is 0 Å². The quantitative estimate of drug-likeness (QED) is 0.823. The van der Waals surface area contributed by atoms with Crippen LogP contribution in [-0.4, -0.2) is 13.1 Å². The number of nitrogens with one attached hydrogen (secondary N) is 1. The fourth-order valence-electron chi connectivity index (χ4n) is 1.49. The molecule has 0 saturated heterocycles. The summed E-state index contributed by atoms with van der Waals surface area (Å²) in [4.78, 5) is 0. The molecular formula is C14H19Cl2N. The number of hydrogen-bond donors (Lipinski definition) is 1. The van der Waals surface area contributed by atoms with E-state index in [0.717, 1.165) is 18.7 Å². The van der Waals surface area contributed by atoms with Crippen LogP contribution >= 0.6 is 23.2 Å². The largest absolute Gasteiger partial charge is 0.313 e. The van der Waals surface area contributed by atoms with Crippen LogP contribution in [0.3, 0.4) is 0 Å². The summed E-state index contributed by atoms with van der Waals surface area (Å²) in [5, 5.41) is 4.76. The number of rotatable bonds is 5. The lowest BCUT2D eigenvalue weighted by Crippen LogP contribution is -2.21. The summed E-state index contributed by atoms with van der Waals surface area (Å²) in [5.74, 6) is 0.668. The Morgan fingerprint density at radius 1 is 1.35 bits per heavy atom. The molecule has 1 aromatic carbocycles. The summed E-state index contributed by atoms with van der Waals surface area (Å²) in [6, 6.07) is 5.56. The number of halogens is 2. The fourth-order valence-corrected chi connectivity index (χ4v) is 1.96. The molecule has 1 rings (SSSR count). The maximum Gasteiger partial charge on any atom is 0.0493 e. The molecule has 3 heteroatoms. The molecule has 0 atom stereocenters. The van der Waals surface area contributed by atoms with Gasteiger partial charge in [-0.15, -0.1) is 0 Å². The summed E-state index contributed by atoms with van der Waals surface area (Å²) in [7, 11) is 0. The van der Waals surface area contributed by atoms with Crippen molar-refractivity contribution in [2.75, 3.05) is 13.1 Å². The molecule has 0 fully saturated rings. The van der Waals surface area contributed by atoms with Crippen molar-refractivity contribution in [3.63, 3.8) is 0 Å². The first-order chi connectivity index (χ1) is 7.99. The van der Waals surface area contributed by atoms with Crippen LogP contribution in [0.5, 0.6) is 0 Å². The second kappa shape index (κ2) is 7.05. The minimum atomic E-state index is 0.668. The first-order valence-corrected chi connectivity index (χ1v) is 6.57. The Hall–Kier alpha value is -0.500. The molecule has 0 amide bonds. The molecular weight excluding hydrogens is 253 g/mol. The Morgan fingerprint density at radius 3 is 2.65 bits per heavy atom. The van der Waals surface area contributed by atoms with Crippen LogP contribution in [0.1, 0.15) is 26.3 Å². The van der Waals surface area contributed by atoms with Crippen molar-refractivity contribution in [3.05, 3.63) is 39.4 Å². The zero-order chi connectivity index (χ0) is 12.8. The van der Waals surface area contributed by atoms with Crippen LogP contribution in [-0.2, 0) is 0 Å². The average molecular weight is 272 g/mol. The first-order valence-electron chi connectivity index (χ1n) is 5.82. The zero-order valence-corrected chi connectivity index (χ0v) is 12.1. The van der Waals surface area contributed by atoms with Crippen molar-refractivity contribution < 1.29 is 0 Å². The van der Waals surface area contributed by atoms with Crippen LogP contribution in [0.4, 0.5) is 0 Å². The minimum absolute atomic E-state index is 0.668. The lowest BCUT2D eigenvalue weighted by atomic mass is 10.1. The van der Waals surface area contributed by atoms with E-state index < -0.39 is 0 Å². The monoisotopic (exact) mass is 271 g/mol. The van der Waals surface area contributed by atoms with Gasteiger partial charge in [0.15, 0.2) is 0 Å². The standard InChI is InChI=1S/C14H19Cl2N/c1-10(2)8-17-9-11(3)6-12-4-5-13(15)7-14(12)16/h4-7,10,17H,8-9H2,1-3H3. The van der Waals surface area contributed by atoms with Gasteiger partial charge in [0, 0.05) is 16.6 Å². The van der Waals surface area contributed by atoms with Gasteiger partial charge >= 0.3 is 0 Å². The molecule has 0 bridgehead atoms. The third-order valence-electron chi connectivity index (χ3n) is 2.32. The Bertz CT molecular complexity index is 397. The van der Waals surface area contributed by atoms with Crippen molar-refractivity contribution in [2.24, 2.45) is 5.92 Å². The maximum atomic E-state index is 6.11. The maximum absolute atomic E-state index is 6.11. The van der Waals surface area contributed by atoms with Gasteiger partial charge in [0.25, 0.3) is 0 Å². The lowest BCUT2D eigenvalue weighted by Gasteiger charge is -2.08. The first kappa shape index (κ1) is 14.6. The van der Waals surface area contributed by atoms with Crippen LogP contribution in [0.25, 0.3) is 6.08 Å². The van der Waals surface area contributed by atoms with Crippen molar-refractivity contribution in [1.82, 2.24) is 5.32 Å². The number of benzene rings is 1.